The first-order valence-electron chi connectivity index (χ1n) is 8.93. The Morgan fingerprint density at radius 3 is 2.71 bits per heavy atom. The number of nitrogens with one attached hydrogen (secondary N) is 1. The number of carbonyl (C=O) groups is 1. The third kappa shape index (κ3) is 3.73. The second-order valence-corrected chi connectivity index (χ2v) is 7.82. The van der Waals surface area contributed by atoms with Crippen LogP contribution >= 0.6 is 11.3 Å². The molecule has 4 rings (SSSR count). The van der Waals surface area contributed by atoms with Gasteiger partial charge in [0.25, 0.3) is 11.5 Å². The number of rotatable bonds is 4. The van der Waals surface area contributed by atoms with E-state index in [9.17, 15) is 9.59 Å². The molecule has 2 aromatic carbocycles. The third-order valence-electron chi connectivity index (χ3n) is 4.46. The first kappa shape index (κ1) is 18.1. The Morgan fingerprint density at radius 2 is 1.89 bits per heavy atom. The van der Waals surface area contributed by atoms with E-state index in [0.29, 0.717) is 11.7 Å². The van der Waals surface area contributed by atoms with Crippen molar-refractivity contribution in [1.29, 1.82) is 0 Å². The lowest BCUT2D eigenvalue weighted by atomic mass is 10.1. The van der Waals surface area contributed by atoms with Gasteiger partial charge in [0.2, 0.25) is 0 Å². The summed E-state index contributed by atoms with van der Waals surface area (Å²) >= 11 is 1.40. The fourth-order valence-corrected chi connectivity index (χ4v) is 4.05. The summed E-state index contributed by atoms with van der Waals surface area (Å²) in [5, 5.41) is 3.25. The maximum absolute atomic E-state index is 12.8. The van der Waals surface area contributed by atoms with Crippen LogP contribution < -0.4 is 10.9 Å². The predicted octanol–water partition coefficient (Wildman–Crippen LogP) is 4.38. The van der Waals surface area contributed by atoms with Gasteiger partial charge in [-0.3, -0.25) is 14.9 Å². The molecule has 0 fully saturated rings. The van der Waals surface area contributed by atoms with Crippen molar-refractivity contribution in [1.82, 2.24) is 9.55 Å². The van der Waals surface area contributed by atoms with E-state index in [1.54, 1.807) is 22.9 Å². The molecule has 0 unspecified atom stereocenters. The molecule has 0 saturated carbocycles. The van der Waals surface area contributed by atoms with E-state index >= 15 is 0 Å². The van der Waals surface area contributed by atoms with Crippen molar-refractivity contribution in [2.75, 3.05) is 5.32 Å². The molecular formula is C22H19N3O2S. The predicted molar refractivity (Wildman–Crippen MR) is 113 cm³/mol. The van der Waals surface area contributed by atoms with Crippen molar-refractivity contribution in [2.45, 2.75) is 20.4 Å². The van der Waals surface area contributed by atoms with E-state index in [2.05, 4.69) is 10.3 Å². The van der Waals surface area contributed by atoms with Crippen molar-refractivity contribution >= 4 is 32.6 Å². The molecule has 0 saturated heterocycles. The highest BCUT2D eigenvalue weighted by Gasteiger charge is 2.15. The second kappa shape index (κ2) is 7.40. The Bertz CT molecular complexity index is 1240. The maximum Gasteiger partial charge on any atom is 0.263 e. The summed E-state index contributed by atoms with van der Waals surface area (Å²) in [6.07, 6.45) is 1.70. The number of carbonyl (C=O) groups excluding carboxylic acids is 1. The van der Waals surface area contributed by atoms with Gasteiger partial charge in [0.15, 0.2) is 5.13 Å². The Kier molecular flexibility index (Phi) is 4.79. The maximum atomic E-state index is 12.8. The molecule has 1 amide bonds. The summed E-state index contributed by atoms with van der Waals surface area (Å²) in [5.41, 5.74) is 3.89. The molecule has 0 radical (unpaired) electrons. The van der Waals surface area contributed by atoms with E-state index < -0.39 is 5.91 Å². The number of anilines is 1. The summed E-state index contributed by atoms with van der Waals surface area (Å²) in [6, 6.07) is 17.2. The van der Waals surface area contributed by atoms with E-state index in [1.807, 2.05) is 56.3 Å². The van der Waals surface area contributed by atoms with Crippen LogP contribution in [-0.2, 0) is 6.54 Å². The van der Waals surface area contributed by atoms with Gasteiger partial charge in [-0.15, -0.1) is 0 Å². The number of hydrogen-bond acceptors (Lipinski definition) is 4. The van der Waals surface area contributed by atoms with Crippen LogP contribution in [-0.4, -0.2) is 15.5 Å². The number of amides is 1. The van der Waals surface area contributed by atoms with Crippen LogP contribution in [0.2, 0.25) is 0 Å². The number of hydrogen-bond donors (Lipinski definition) is 1. The molecule has 28 heavy (non-hydrogen) atoms. The summed E-state index contributed by atoms with van der Waals surface area (Å²) in [6.45, 7) is 4.44. The molecule has 1 N–H and O–H groups in total. The van der Waals surface area contributed by atoms with Gasteiger partial charge in [-0.1, -0.05) is 47.2 Å². The van der Waals surface area contributed by atoms with Crippen molar-refractivity contribution in [2.24, 2.45) is 0 Å². The lowest BCUT2D eigenvalue weighted by Gasteiger charge is -2.08. The minimum absolute atomic E-state index is 0.102. The highest BCUT2D eigenvalue weighted by molar-refractivity contribution is 7.22. The first-order valence-corrected chi connectivity index (χ1v) is 9.75. The van der Waals surface area contributed by atoms with Crippen LogP contribution in [0, 0.1) is 13.8 Å². The zero-order chi connectivity index (χ0) is 19.7. The van der Waals surface area contributed by atoms with Crippen molar-refractivity contribution in [3.05, 3.63) is 93.4 Å². The SMILES string of the molecule is Cc1cccc(Cn2cccc(C(=O)Nc3nc4ccc(C)cc4s3)c2=O)c1. The molecule has 0 spiro atoms. The monoisotopic (exact) mass is 389 g/mol. The van der Waals surface area contributed by atoms with Gasteiger partial charge < -0.3 is 4.57 Å². The molecule has 0 atom stereocenters. The lowest BCUT2D eigenvalue weighted by molar-refractivity contribution is 0.102. The lowest BCUT2D eigenvalue weighted by Crippen LogP contribution is -2.29. The highest BCUT2D eigenvalue weighted by atomic mass is 32.1. The van der Waals surface area contributed by atoms with Crippen LogP contribution in [0.1, 0.15) is 27.0 Å². The number of thiazole rings is 1. The largest absolute Gasteiger partial charge is 0.310 e. The van der Waals surface area contributed by atoms with E-state index in [0.717, 1.165) is 26.9 Å². The summed E-state index contributed by atoms with van der Waals surface area (Å²) in [7, 11) is 0. The summed E-state index contributed by atoms with van der Waals surface area (Å²) in [4.78, 5) is 29.9. The molecule has 2 heterocycles. The molecule has 4 aromatic rings. The first-order chi connectivity index (χ1) is 13.5. The second-order valence-electron chi connectivity index (χ2n) is 6.79. The fourth-order valence-electron chi connectivity index (χ4n) is 3.09. The molecule has 6 heteroatoms. The number of benzene rings is 2. The van der Waals surface area contributed by atoms with Gasteiger partial charge in [-0.2, -0.15) is 0 Å². The average molecular weight is 389 g/mol. The molecule has 0 aliphatic heterocycles. The molecular weight excluding hydrogens is 370 g/mol. The molecule has 2 aromatic heterocycles. The molecule has 0 aliphatic carbocycles. The van der Waals surface area contributed by atoms with Gasteiger partial charge in [-0.05, 0) is 49.2 Å². The van der Waals surface area contributed by atoms with Crippen LogP contribution in [0.25, 0.3) is 10.2 Å². The minimum atomic E-state index is -0.445. The van der Waals surface area contributed by atoms with Gasteiger partial charge >= 0.3 is 0 Å². The molecule has 0 bridgehead atoms. The van der Waals surface area contributed by atoms with Crippen molar-refractivity contribution < 1.29 is 4.79 Å². The Labute approximate surface area is 166 Å². The van der Waals surface area contributed by atoms with Gasteiger partial charge in [0, 0.05) is 6.20 Å². The fraction of sp³-hybridized carbons (Fsp3) is 0.136. The Morgan fingerprint density at radius 1 is 1.07 bits per heavy atom. The third-order valence-corrected chi connectivity index (χ3v) is 5.40. The standard InChI is InChI=1S/C22H19N3O2S/c1-14-5-3-6-16(11-14)13-25-10-4-7-17(21(25)27)20(26)24-22-23-18-9-8-15(2)12-19(18)28-22/h3-12H,13H2,1-2H3,(H,23,24,26). The number of aryl methyl sites for hydroxylation is 2. The van der Waals surface area contributed by atoms with Gasteiger partial charge in [0.05, 0.1) is 16.8 Å². The van der Waals surface area contributed by atoms with Crippen LogP contribution in [0.3, 0.4) is 0 Å². The minimum Gasteiger partial charge on any atom is -0.310 e. The number of fused-ring (bicyclic) bond motifs is 1. The summed E-state index contributed by atoms with van der Waals surface area (Å²) in [5.74, 6) is -0.445. The van der Waals surface area contributed by atoms with Crippen molar-refractivity contribution in [3.63, 3.8) is 0 Å². The molecule has 0 aliphatic rings. The normalized spacial score (nSPS) is 10.9. The summed E-state index contributed by atoms with van der Waals surface area (Å²) < 4.78 is 2.55. The van der Waals surface area contributed by atoms with Crippen LogP contribution in [0.5, 0.6) is 0 Å². The number of pyridine rings is 1. The van der Waals surface area contributed by atoms with Crippen LogP contribution in [0.15, 0.2) is 65.6 Å². The Hall–Kier alpha value is -3.25. The zero-order valence-electron chi connectivity index (χ0n) is 15.6. The Balaban J connectivity index is 1.59. The molecule has 140 valence electrons. The topological polar surface area (TPSA) is 64.0 Å². The average Bonchev–Trinajstić information content (AvgIpc) is 3.04. The zero-order valence-corrected chi connectivity index (χ0v) is 16.4. The number of aromatic nitrogens is 2. The van der Waals surface area contributed by atoms with Gasteiger partial charge in [0.1, 0.15) is 5.56 Å². The smallest absolute Gasteiger partial charge is 0.263 e. The van der Waals surface area contributed by atoms with E-state index in [1.165, 1.54) is 11.3 Å². The highest BCUT2D eigenvalue weighted by Crippen LogP contribution is 2.26. The van der Waals surface area contributed by atoms with Crippen LogP contribution in [0.4, 0.5) is 5.13 Å². The van der Waals surface area contributed by atoms with E-state index in [-0.39, 0.29) is 11.1 Å². The van der Waals surface area contributed by atoms with Gasteiger partial charge in [-0.25, -0.2) is 4.98 Å². The van der Waals surface area contributed by atoms with Crippen molar-refractivity contribution in [3.8, 4) is 0 Å². The van der Waals surface area contributed by atoms with E-state index in [4.69, 9.17) is 0 Å². The number of nitrogens with zero attached hydrogens (tertiary/aromatic N) is 2. The quantitative estimate of drug-likeness (QED) is 0.563. The molecule has 5 nitrogen and oxygen atoms in total.